The van der Waals surface area contributed by atoms with Gasteiger partial charge in [0.05, 0.1) is 24.4 Å². The van der Waals surface area contributed by atoms with Crippen molar-refractivity contribution in [3.63, 3.8) is 0 Å². The minimum atomic E-state index is -2.66. The topological polar surface area (TPSA) is 88.3 Å². The van der Waals surface area contributed by atoms with Crippen LogP contribution in [0.15, 0.2) is 71.8 Å². The van der Waals surface area contributed by atoms with E-state index in [2.05, 4.69) is 9.36 Å². The molecule has 0 radical (unpaired) electrons. The van der Waals surface area contributed by atoms with Crippen LogP contribution in [0.2, 0.25) is 0 Å². The average Bonchev–Trinajstić information content (AvgIpc) is 3.35. The number of carbonyl (C=O) groups is 1. The molecule has 1 fully saturated rings. The Hall–Kier alpha value is -3.50. The lowest BCUT2D eigenvalue weighted by molar-refractivity contribution is -0.137. The molecule has 2 aromatic heterocycles. The third kappa shape index (κ3) is 5.30. The van der Waals surface area contributed by atoms with E-state index in [1.54, 1.807) is 30.3 Å². The van der Waals surface area contributed by atoms with E-state index in [0.29, 0.717) is 21.5 Å². The molecule has 5 rings (SSSR count). The monoisotopic (exact) mass is 524 g/mol. The molecule has 1 saturated heterocycles. The molecular formula is C27H26F2N4O3S. The number of aromatic nitrogens is 3. The van der Waals surface area contributed by atoms with Crippen molar-refractivity contribution in [3.05, 3.63) is 82.9 Å². The first kappa shape index (κ1) is 25.2. The molecule has 4 aromatic rings. The molecule has 0 saturated carbocycles. The van der Waals surface area contributed by atoms with Crippen molar-refractivity contribution in [2.24, 2.45) is 0 Å². The number of aliphatic hydroxyl groups is 1. The third-order valence-corrected chi connectivity index (χ3v) is 7.76. The molecule has 2 aromatic carbocycles. The van der Waals surface area contributed by atoms with Gasteiger partial charge < -0.3 is 10.0 Å². The van der Waals surface area contributed by atoms with Gasteiger partial charge in [-0.3, -0.25) is 14.2 Å². The van der Waals surface area contributed by atoms with Crippen molar-refractivity contribution in [2.45, 2.75) is 43.8 Å². The smallest absolute Gasteiger partial charge is 0.273 e. The van der Waals surface area contributed by atoms with Gasteiger partial charge in [0.25, 0.3) is 5.56 Å². The number of halogens is 2. The second-order valence-electron chi connectivity index (χ2n) is 9.41. The molecule has 1 atom stereocenters. The summed E-state index contributed by atoms with van der Waals surface area (Å²) in [7, 11) is 0. The molecule has 192 valence electrons. The van der Waals surface area contributed by atoms with Crippen LogP contribution in [-0.2, 0) is 11.3 Å². The van der Waals surface area contributed by atoms with Gasteiger partial charge in [-0.1, -0.05) is 60.7 Å². The highest BCUT2D eigenvalue weighted by Crippen LogP contribution is 2.31. The standard InChI is InChI=1S/C27H26F2N4O3S/c28-25(29)20(18-7-3-1-4-8-18)15-21(34)32-13-11-27(36,12-14-32)16-33-17-30-23-22(19-9-5-2-6-10-19)31-37-24(23)26(33)35/h1-10,17,20,25,36H,11-16H2. The number of carbonyl (C=O) groups excluding carboxylic acids is 1. The van der Waals surface area contributed by atoms with Crippen molar-refractivity contribution in [2.75, 3.05) is 13.1 Å². The molecule has 10 heteroatoms. The van der Waals surface area contributed by atoms with Crippen LogP contribution in [0.3, 0.4) is 0 Å². The number of alkyl halides is 2. The van der Waals surface area contributed by atoms with Crippen LogP contribution >= 0.6 is 11.5 Å². The summed E-state index contributed by atoms with van der Waals surface area (Å²) in [5.74, 6) is -1.54. The molecule has 1 aliphatic rings. The fraction of sp³-hybridized carbons (Fsp3) is 0.333. The van der Waals surface area contributed by atoms with E-state index in [-0.39, 0.29) is 50.4 Å². The van der Waals surface area contributed by atoms with Crippen molar-refractivity contribution >= 4 is 27.7 Å². The molecule has 1 N–H and O–H groups in total. The number of likely N-dealkylation sites (tertiary alicyclic amines) is 1. The highest BCUT2D eigenvalue weighted by atomic mass is 32.1. The first-order chi connectivity index (χ1) is 17.8. The van der Waals surface area contributed by atoms with E-state index in [4.69, 9.17) is 0 Å². The molecule has 1 unspecified atom stereocenters. The van der Waals surface area contributed by atoms with Crippen LogP contribution in [0.5, 0.6) is 0 Å². The minimum Gasteiger partial charge on any atom is -0.388 e. The number of hydrogen-bond acceptors (Lipinski definition) is 6. The van der Waals surface area contributed by atoms with E-state index < -0.39 is 17.9 Å². The third-order valence-electron chi connectivity index (χ3n) is 6.93. The van der Waals surface area contributed by atoms with Crippen LogP contribution in [0, 0.1) is 0 Å². The predicted octanol–water partition coefficient (Wildman–Crippen LogP) is 4.31. The quantitative estimate of drug-likeness (QED) is 0.389. The molecular weight excluding hydrogens is 498 g/mol. The SMILES string of the molecule is O=C(CC(c1ccccc1)C(F)F)N1CCC(O)(Cn2cnc3c(-c4ccccc4)nsc3c2=O)CC1. The van der Waals surface area contributed by atoms with Crippen molar-refractivity contribution in [3.8, 4) is 11.3 Å². The Bertz CT molecular complexity index is 1430. The lowest BCUT2D eigenvalue weighted by atomic mass is 9.90. The molecule has 3 heterocycles. The summed E-state index contributed by atoms with van der Waals surface area (Å²) < 4.78 is 33.6. The van der Waals surface area contributed by atoms with Crippen LogP contribution < -0.4 is 5.56 Å². The molecule has 7 nitrogen and oxygen atoms in total. The summed E-state index contributed by atoms with van der Waals surface area (Å²) in [6, 6.07) is 17.8. The number of nitrogens with zero attached hydrogens (tertiary/aromatic N) is 4. The molecule has 37 heavy (non-hydrogen) atoms. The molecule has 1 aliphatic heterocycles. The van der Waals surface area contributed by atoms with E-state index in [9.17, 15) is 23.5 Å². The van der Waals surface area contributed by atoms with E-state index in [1.807, 2.05) is 30.3 Å². The minimum absolute atomic E-state index is 0.0268. The number of piperidine rings is 1. The summed E-state index contributed by atoms with van der Waals surface area (Å²) in [4.78, 5) is 31.9. The van der Waals surface area contributed by atoms with Gasteiger partial charge >= 0.3 is 0 Å². The number of benzene rings is 2. The lowest BCUT2D eigenvalue weighted by Crippen LogP contribution is -2.50. The summed E-state index contributed by atoms with van der Waals surface area (Å²) in [6.07, 6.45) is -1.07. The zero-order valence-electron chi connectivity index (χ0n) is 20.0. The maximum atomic E-state index is 13.7. The Balaban J connectivity index is 1.25. The summed E-state index contributed by atoms with van der Waals surface area (Å²) in [5, 5.41) is 11.2. The Morgan fingerprint density at radius 1 is 1.05 bits per heavy atom. The van der Waals surface area contributed by atoms with Gasteiger partial charge in [-0.05, 0) is 29.9 Å². The van der Waals surface area contributed by atoms with Crippen molar-refractivity contribution in [1.82, 2.24) is 18.8 Å². The summed E-state index contributed by atoms with van der Waals surface area (Å²) in [5.41, 5.74) is 0.976. The van der Waals surface area contributed by atoms with E-state index in [0.717, 1.165) is 17.1 Å². The lowest BCUT2D eigenvalue weighted by Gasteiger charge is -2.38. The number of amides is 1. The largest absolute Gasteiger partial charge is 0.388 e. The van der Waals surface area contributed by atoms with Crippen LogP contribution in [0.1, 0.15) is 30.7 Å². The highest BCUT2D eigenvalue weighted by Gasteiger charge is 2.36. The first-order valence-corrected chi connectivity index (χ1v) is 12.9. The molecule has 0 aliphatic carbocycles. The van der Waals surface area contributed by atoms with Gasteiger partial charge in [-0.15, -0.1) is 0 Å². The maximum Gasteiger partial charge on any atom is 0.273 e. The van der Waals surface area contributed by atoms with Crippen LogP contribution in [0.4, 0.5) is 8.78 Å². The van der Waals surface area contributed by atoms with E-state index >= 15 is 0 Å². The van der Waals surface area contributed by atoms with Gasteiger partial charge in [0.1, 0.15) is 15.9 Å². The zero-order chi connectivity index (χ0) is 26.0. The second kappa shape index (κ2) is 10.5. The highest BCUT2D eigenvalue weighted by molar-refractivity contribution is 7.13. The zero-order valence-corrected chi connectivity index (χ0v) is 20.8. The Morgan fingerprint density at radius 3 is 2.35 bits per heavy atom. The van der Waals surface area contributed by atoms with Gasteiger partial charge in [-0.2, -0.15) is 4.37 Å². The molecule has 0 spiro atoms. The van der Waals surface area contributed by atoms with Crippen LogP contribution in [-0.4, -0.2) is 55.0 Å². The average molecular weight is 525 g/mol. The predicted molar refractivity (Wildman–Crippen MR) is 138 cm³/mol. The summed E-state index contributed by atoms with van der Waals surface area (Å²) in [6.45, 7) is 0.478. The fourth-order valence-corrected chi connectivity index (χ4v) is 5.58. The first-order valence-electron chi connectivity index (χ1n) is 12.1. The Labute approximate surface area is 216 Å². The Morgan fingerprint density at radius 2 is 1.70 bits per heavy atom. The van der Waals surface area contributed by atoms with Crippen LogP contribution in [0.25, 0.3) is 21.5 Å². The number of rotatable bonds is 7. The van der Waals surface area contributed by atoms with Crippen molar-refractivity contribution < 1.29 is 18.7 Å². The van der Waals surface area contributed by atoms with Gasteiger partial charge in [0, 0.05) is 25.1 Å². The Kier molecular flexibility index (Phi) is 7.12. The van der Waals surface area contributed by atoms with Crippen molar-refractivity contribution in [1.29, 1.82) is 0 Å². The second-order valence-corrected chi connectivity index (χ2v) is 10.2. The number of fused-ring (bicyclic) bond motifs is 1. The maximum absolute atomic E-state index is 13.7. The normalized spacial score (nSPS) is 16.3. The molecule has 1 amide bonds. The fourth-order valence-electron chi connectivity index (χ4n) is 4.77. The summed E-state index contributed by atoms with van der Waals surface area (Å²) >= 11 is 1.08. The number of hydrogen-bond donors (Lipinski definition) is 1. The van der Waals surface area contributed by atoms with E-state index in [1.165, 1.54) is 15.8 Å². The molecule has 0 bridgehead atoms. The van der Waals surface area contributed by atoms with Gasteiger partial charge in [-0.25, -0.2) is 13.8 Å². The van der Waals surface area contributed by atoms with Gasteiger partial charge in [0.2, 0.25) is 12.3 Å². The van der Waals surface area contributed by atoms with Gasteiger partial charge in [0.15, 0.2) is 0 Å².